The smallest absolute Gasteiger partial charge is 0.328 e. The molecular weight excluding hydrogens is 379 g/mol. The molecule has 0 saturated carbocycles. The van der Waals surface area contributed by atoms with Crippen molar-refractivity contribution in [1.29, 1.82) is 0 Å². The van der Waals surface area contributed by atoms with E-state index in [1.54, 1.807) is 0 Å². The molecule has 1 aromatic carbocycles. The van der Waals surface area contributed by atoms with Crippen LogP contribution in [0.15, 0.2) is 12.1 Å². The van der Waals surface area contributed by atoms with Gasteiger partial charge in [-0.05, 0) is 24.5 Å². The van der Waals surface area contributed by atoms with Crippen LogP contribution in [-0.2, 0) is 19.1 Å². The molecule has 0 aromatic heterocycles. The minimum atomic E-state index is -1.68. The number of carbonyl (C=O) groups excluding carboxylic acids is 3. The number of anilines is 1. The van der Waals surface area contributed by atoms with Gasteiger partial charge in [-0.3, -0.25) is 9.59 Å². The molecule has 1 rings (SSSR count). The van der Waals surface area contributed by atoms with Gasteiger partial charge in [0.1, 0.15) is 6.04 Å². The van der Waals surface area contributed by atoms with Gasteiger partial charge in [-0.2, -0.15) is 0 Å². The van der Waals surface area contributed by atoms with Gasteiger partial charge in [0.2, 0.25) is 0 Å². The molecule has 1 unspecified atom stereocenters. The summed E-state index contributed by atoms with van der Waals surface area (Å²) in [7, 11) is 2.76. The molecule has 3 N–H and O–H groups in total. The lowest BCUT2D eigenvalue weighted by molar-refractivity contribution is -0.862. The highest BCUT2D eigenvalue weighted by atomic mass is 19.2. The zero-order valence-electron chi connectivity index (χ0n) is 16.2. The minimum Gasteiger partial charge on any atom is -0.467 e. The molecule has 0 fully saturated rings. The van der Waals surface area contributed by atoms with Crippen molar-refractivity contribution in [3.63, 3.8) is 0 Å². The van der Waals surface area contributed by atoms with E-state index in [2.05, 4.69) is 15.4 Å². The van der Waals surface area contributed by atoms with E-state index < -0.39 is 47.0 Å². The maximum atomic E-state index is 13.6. The van der Waals surface area contributed by atoms with Gasteiger partial charge in [0.25, 0.3) is 11.8 Å². The van der Waals surface area contributed by atoms with Crippen LogP contribution in [0.4, 0.5) is 18.9 Å². The number of esters is 1. The van der Waals surface area contributed by atoms with Gasteiger partial charge >= 0.3 is 5.97 Å². The molecule has 156 valence electrons. The number of benzene rings is 1. The standard InChI is InChI=1S/C18H24F3N3O4/c1-10(2)7-13(18(27)28-4)23-15(26)9-24(3)8-14(25)22-12-6-5-11(19)16(20)17(12)21/h5-6,10,13H,7-9H2,1-4H3,(H,22,25)(H,23,26)/p+1/t13-/m0/s1. The minimum absolute atomic E-state index is 0.140. The first-order valence-electron chi connectivity index (χ1n) is 8.67. The average molecular weight is 404 g/mol. The summed E-state index contributed by atoms with van der Waals surface area (Å²) in [5.74, 6) is -6.13. The van der Waals surface area contributed by atoms with E-state index in [-0.39, 0.29) is 19.0 Å². The van der Waals surface area contributed by atoms with Crippen LogP contribution in [0.1, 0.15) is 20.3 Å². The van der Waals surface area contributed by atoms with E-state index in [9.17, 15) is 27.6 Å². The molecule has 0 aliphatic carbocycles. The lowest BCUT2D eigenvalue weighted by Crippen LogP contribution is -3.11. The average Bonchev–Trinajstić information content (AvgIpc) is 2.60. The third-order valence-corrected chi connectivity index (χ3v) is 3.76. The second-order valence-corrected chi connectivity index (χ2v) is 6.85. The van der Waals surface area contributed by atoms with Crippen molar-refractivity contribution in [1.82, 2.24) is 5.32 Å². The normalized spacial score (nSPS) is 13.0. The Hall–Kier alpha value is -2.62. The van der Waals surface area contributed by atoms with Crippen LogP contribution >= 0.6 is 0 Å². The topological polar surface area (TPSA) is 88.9 Å². The van der Waals surface area contributed by atoms with Crippen LogP contribution in [-0.4, -0.2) is 51.1 Å². The number of nitrogens with one attached hydrogen (secondary N) is 3. The molecule has 28 heavy (non-hydrogen) atoms. The Morgan fingerprint density at radius 3 is 2.25 bits per heavy atom. The number of likely N-dealkylation sites (N-methyl/N-ethyl adjacent to an activating group) is 1. The largest absolute Gasteiger partial charge is 0.467 e. The number of hydrogen-bond acceptors (Lipinski definition) is 4. The lowest BCUT2D eigenvalue weighted by atomic mass is 10.0. The van der Waals surface area contributed by atoms with E-state index in [0.717, 1.165) is 6.07 Å². The summed E-state index contributed by atoms with van der Waals surface area (Å²) in [4.78, 5) is 36.2. The summed E-state index contributed by atoms with van der Waals surface area (Å²) in [6.07, 6.45) is 0.396. The summed E-state index contributed by atoms with van der Waals surface area (Å²) in [6, 6.07) is 0.802. The quantitative estimate of drug-likeness (QED) is 0.407. The number of ether oxygens (including phenoxy) is 1. The second kappa shape index (κ2) is 10.6. The van der Waals surface area contributed by atoms with Crippen LogP contribution in [0.5, 0.6) is 0 Å². The fraction of sp³-hybridized carbons (Fsp3) is 0.500. The van der Waals surface area contributed by atoms with Crippen LogP contribution in [0.2, 0.25) is 0 Å². The van der Waals surface area contributed by atoms with E-state index >= 15 is 0 Å². The van der Waals surface area contributed by atoms with E-state index in [1.165, 1.54) is 14.2 Å². The third kappa shape index (κ3) is 7.18. The molecule has 7 nitrogen and oxygen atoms in total. The van der Waals surface area contributed by atoms with Crippen LogP contribution in [0.25, 0.3) is 0 Å². The van der Waals surface area contributed by atoms with Crippen molar-refractivity contribution in [3.05, 3.63) is 29.6 Å². The Morgan fingerprint density at radius 1 is 1.07 bits per heavy atom. The van der Waals surface area contributed by atoms with Gasteiger partial charge < -0.3 is 20.3 Å². The molecule has 0 spiro atoms. The Morgan fingerprint density at radius 2 is 1.68 bits per heavy atom. The predicted octanol–water partition coefficient (Wildman–Crippen LogP) is 0.261. The maximum Gasteiger partial charge on any atom is 0.328 e. The zero-order valence-corrected chi connectivity index (χ0v) is 16.2. The maximum absolute atomic E-state index is 13.6. The SMILES string of the molecule is COC(=O)[C@H](CC(C)C)NC(=O)C[NH+](C)CC(=O)Nc1ccc(F)c(F)c1F. The third-order valence-electron chi connectivity index (χ3n) is 3.76. The van der Waals surface area contributed by atoms with Gasteiger partial charge in [0.05, 0.1) is 19.8 Å². The monoisotopic (exact) mass is 404 g/mol. The van der Waals surface area contributed by atoms with E-state index in [1.807, 2.05) is 13.8 Å². The first kappa shape index (κ1) is 23.4. The molecule has 2 amide bonds. The molecule has 1 aromatic rings. The number of amides is 2. The van der Waals surface area contributed by atoms with Gasteiger partial charge in [-0.25, -0.2) is 18.0 Å². The molecule has 0 aliphatic rings. The predicted molar refractivity (Wildman–Crippen MR) is 95.0 cm³/mol. The highest BCUT2D eigenvalue weighted by Gasteiger charge is 2.24. The van der Waals surface area contributed by atoms with E-state index in [4.69, 9.17) is 0 Å². The van der Waals surface area contributed by atoms with Crippen molar-refractivity contribution in [2.75, 3.05) is 32.6 Å². The number of methoxy groups -OCH3 is 1. The number of carbonyl (C=O) groups is 3. The van der Waals surface area contributed by atoms with Crippen molar-refractivity contribution >= 4 is 23.5 Å². The fourth-order valence-corrected chi connectivity index (χ4v) is 2.50. The van der Waals surface area contributed by atoms with Crippen molar-refractivity contribution in [2.45, 2.75) is 26.3 Å². The number of rotatable bonds is 9. The highest BCUT2D eigenvalue weighted by molar-refractivity contribution is 5.91. The highest BCUT2D eigenvalue weighted by Crippen LogP contribution is 2.19. The molecular formula is C18H25F3N3O4+. The Bertz CT molecular complexity index is 728. The summed E-state index contributed by atoms with van der Waals surface area (Å²) in [5.41, 5.74) is -0.496. The molecule has 0 bridgehead atoms. The fourth-order valence-electron chi connectivity index (χ4n) is 2.50. The Kier molecular flexibility index (Phi) is 8.90. The van der Waals surface area contributed by atoms with Gasteiger partial charge in [0, 0.05) is 0 Å². The van der Waals surface area contributed by atoms with Crippen LogP contribution in [0.3, 0.4) is 0 Å². The Labute approximate surface area is 161 Å². The van der Waals surface area contributed by atoms with Crippen LogP contribution in [0, 0.1) is 23.4 Å². The zero-order chi connectivity index (χ0) is 21.4. The van der Waals surface area contributed by atoms with Crippen molar-refractivity contribution < 1.29 is 37.2 Å². The molecule has 0 aliphatic heterocycles. The summed E-state index contributed by atoms with van der Waals surface area (Å²) in [6.45, 7) is 3.40. The first-order valence-corrected chi connectivity index (χ1v) is 8.67. The second-order valence-electron chi connectivity index (χ2n) is 6.85. The summed E-state index contributed by atoms with van der Waals surface area (Å²) >= 11 is 0. The molecule has 0 radical (unpaired) electrons. The molecule has 0 heterocycles. The summed E-state index contributed by atoms with van der Waals surface area (Å²) < 4.78 is 44.3. The summed E-state index contributed by atoms with van der Waals surface area (Å²) in [5, 5.41) is 4.69. The number of quaternary nitrogens is 1. The number of hydrogen-bond donors (Lipinski definition) is 3. The van der Waals surface area contributed by atoms with Gasteiger partial charge in [-0.1, -0.05) is 13.8 Å². The van der Waals surface area contributed by atoms with E-state index in [0.29, 0.717) is 17.4 Å². The molecule has 2 atom stereocenters. The molecule has 10 heteroatoms. The lowest BCUT2D eigenvalue weighted by Gasteiger charge is -2.19. The van der Waals surface area contributed by atoms with Gasteiger partial charge in [0.15, 0.2) is 30.5 Å². The van der Waals surface area contributed by atoms with Crippen LogP contribution < -0.4 is 15.5 Å². The van der Waals surface area contributed by atoms with Gasteiger partial charge in [-0.15, -0.1) is 0 Å². The molecule has 0 saturated heterocycles. The first-order chi connectivity index (χ1) is 13.0. The Balaban J connectivity index is 2.59. The number of halogens is 3. The van der Waals surface area contributed by atoms with Crippen molar-refractivity contribution in [3.8, 4) is 0 Å². The van der Waals surface area contributed by atoms with Crippen molar-refractivity contribution in [2.24, 2.45) is 5.92 Å².